The van der Waals surface area contributed by atoms with Gasteiger partial charge in [-0.2, -0.15) is 5.26 Å². The summed E-state index contributed by atoms with van der Waals surface area (Å²) in [5.41, 5.74) is 0.0425. The number of anilines is 2. The molecule has 3 aromatic rings. The number of alkyl halides is 2. The lowest BCUT2D eigenvalue weighted by atomic mass is 9.87. The molecule has 1 aromatic heterocycles. The predicted molar refractivity (Wildman–Crippen MR) is 155 cm³/mol. The summed E-state index contributed by atoms with van der Waals surface area (Å²) in [5.74, 6) is -7.30. The van der Waals surface area contributed by atoms with Gasteiger partial charge in [0.05, 0.1) is 17.3 Å². The number of thioether (sulfide) groups is 1. The van der Waals surface area contributed by atoms with E-state index in [-0.39, 0.29) is 35.5 Å². The van der Waals surface area contributed by atoms with Crippen LogP contribution in [-0.4, -0.2) is 47.0 Å². The Morgan fingerprint density at radius 1 is 1.16 bits per heavy atom. The minimum absolute atomic E-state index is 0.00395. The van der Waals surface area contributed by atoms with E-state index in [1.54, 1.807) is 6.26 Å². The van der Waals surface area contributed by atoms with Crippen LogP contribution in [0.3, 0.4) is 0 Å². The molecule has 1 aliphatic carbocycles. The molecule has 228 valence electrons. The second kappa shape index (κ2) is 12.5. The summed E-state index contributed by atoms with van der Waals surface area (Å²) < 4.78 is 56.7. The summed E-state index contributed by atoms with van der Waals surface area (Å²) in [5, 5.41) is 12.2. The molecule has 0 spiro atoms. The van der Waals surface area contributed by atoms with Crippen molar-refractivity contribution in [1.82, 2.24) is 10.3 Å². The maximum absolute atomic E-state index is 14.7. The highest BCUT2D eigenvalue weighted by Crippen LogP contribution is 2.40. The van der Waals surface area contributed by atoms with Gasteiger partial charge < -0.3 is 5.32 Å². The van der Waals surface area contributed by atoms with Crippen molar-refractivity contribution in [2.24, 2.45) is 0 Å². The Morgan fingerprint density at radius 3 is 2.50 bits per heavy atom. The Balaban J connectivity index is 1.66. The average Bonchev–Trinajstić information content (AvgIpc) is 3.35. The molecule has 3 amide bonds. The molecule has 1 saturated heterocycles. The van der Waals surface area contributed by atoms with E-state index in [4.69, 9.17) is 11.6 Å². The van der Waals surface area contributed by atoms with Gasteiger partial charge in [0.25, 0.3) is 11.8 Å². The topological polar surface area (TPSA) is 106 Å². The molecule has 0 radical (unpaired) electrons. The Morgan fingerprint density at radius 2 is 1.86 bits per heavy atom. The first-order valence-corrected chi connectivity index (χ1v) is 15.0. The molecule has 5 rings (SSSR count). The van der Waals surface area contributed by atoms with E-state index < -0.39 is 66.2 Å². The maximum atomic E-state index is 14.7. The summed E-state index contributed by atoms with van der Waals surface area (Å²) in [6.45, 7) is 0. The third-order valence-electron chi connectivity index (χ3n) is 7.41. The van der Waals surface area contributed by atoms with Crippen molar-refractivity contribution in [1.29, 1.82) is 5.26 Å². The lowest BCUT2D eigenvalue weighted by Gasteiger charge is -2.39. The van der Waals surface area contributed by atoms with Gasteiger partial charge in [-0.1, -0.05) is 17.7 Å². The Kier molecular flexibility index (Phi) is 8.85. The number of rotatable bonds is 8. The SMILES string of the molecule is CSc1cc(Cl)ccc1C(C(=O)NC1CC(F)(F)C1)N(C(=O)[C@@H]1CCC(=O)N1c1cc(C#N)ccn1)c1cc(F)cc(F)c1. The summed E-state index contributed by atoms with van der Waals surface area (Å²) in [6, 6.07) is 7.66. The van der Waals surface area contributed by atoms with Crippen molar-refractivity contribution in [3.05, 3.63) is 82.5 Å². The van der Waals surface area contributed by atoms with Gasteiger partial charge in [-0.05, 0) is 54.6 Å². The maximum Gasteiger partial charge on any atom is 0.252 e. The van der Waals surface area contributed by atoms with Crippen LogP contribution in [0.4, 0.5) is 29.1 Å². The van der Waals surface area contributed by atoms with E-state index in [9.17, 15) is 37.2 Å². The van der Waals surface area contributed by atoms with Crippen LogP contribution in [-0.2, 0) is 14.4 Å². The van der Waals surface area contributed by atoms with Crippen LogP contribution >= 0.6 is 23.4 Å². The quantitative estimate of drug-likeness (QED) is 0.246. The molecule has 2 heterocycles. The number of benzene rings is 2. The number of halogens is 5. The zero-order valence-electron chi connectivity index (χ0n) is 23.1. The molecule has 0 bridgehead atoms. The minimum atomic E-state index is -2.96. The van der Waals surface area contributed by atoms with Crippen molar-refractivity contribution in [3.63, 3.8) is 0 Å². The fraction of sp³-hybridized carbons (Fsp3) is 0.300. The largest absolute Gasteiger partial charge is 0.351 e. The fourth-order valence-corrected chi connectivity index (χ4v) is 6.32. The van der Waals surface area contributed by atoms with E-state index in [1.807, 2.05) is 6.07 Å². The van der Waals surface area contributed by atoms with Crippen LogP contribution in [0.2, 0.25) is 5.02 Å². The molecule has 8 nitrogen and oxygen atoms in total. The third kappa shape index (κ3) is 6.37. The molecule has 1 N–H and O–H groups in total. The highest BCUT2D eigenvalue weighted by molar-refractivity contribution is 7.98. The van der Waals surface area contributed by atoms with Crippen molar-refractivity contribution in [3.8, 4) is 6.07 Å². The molecule has 1 saturated carbocycles. The highest BCUT2D eigenvalue weighted by atomic mass is 35.5. The summed E-state index contributed by atoms with van der Waals surface area (Å²) in [4.78, 5) is 48.2. The Hall–Kier alpha value is -4.15. The van der Waals surface area contributed by atoms with E-state index in [0.717, 1.165) is 21.9 Å². The zero-order valence-corrected chi connectivity index (χ0v) is 24.6. The summed E-state index contributed by atoms with van der Waals surface area (Å²) in [6.07, 6.45) is 1.63. The van der Waals surface area contributed by atoms with Crippen LogP contribution in [0, 0.1) is 23.0 Å². The number of hydrogen-bond acceptors (Lipinski definition) is 6. The second-order valence-corrected chi connectivity index (χ2v) is 11.7. The molecule has 1 aliphatic heterocycles. The monoisotopic (exact) mass is 645 g/mol. The average molecular weight is 646 g/mol. The Bertz CT molecular complexity index is 1660. The summed E-state index contributed by atoms with van der Waals surface area (Å²) >= 11 is 7.39. The zero-order chi connectivity index (χ0) is 31.8. The molecule has 2 aliphatic rings. The van der Waals surface area contributed by atoms with Gasteiger partial charge in [-0.3, -0.25) is 24.2 Å². The lowest BCUT2D eigenvalue weighted by molar-refractivity contribution is -0.133. The number of aromatic nitrogens is 1. The number of carbonyl (C=O) groups excluding carboxylic acids is 3. The first-order chi connectivity index (χ1) is 20.9. The van der Waals surface area contributed by atoms with Gasteiger partial charge in [-0.15, -0.1) is 11.8 Å². The molecular weight excluding hydrogens is 622 g/mol. The van der Waals surface area contributed by atoms with Gasteiger partial charge >= 0.3 is 0 Å². The number of pyridine rings is 1. The number of nitrogens with zero attached hydrogens (tertiary/aromatic N) is 4. The lowest BCUT2D eigenvalue weighted by Crippen LogP contribution is -2.56. The van der Waals surface area contributed by atoms with Crippen LogP contribution < -0.4 is 15.1 Å². The van der Waals surface area contributed by atoms with Crippen molar-refractivity contribution in [2.75, 3.05) is 16.1 Å². The predicted octanol–water partition coefficient (Wildman–Crippen LogP) is 5.79. The molecule has 2 fully saturated rings. The minimum Gasteiger partial charge on any atom is -0.351 e. The molecular formula is C30H24ClF4N5O3S. The van der Waals surface area contributed by atoms with E-state index in [2.05, 4.69) is 10.3 Å². The Labute approximate surface area is 259 Å². The van der Waals surface area contributed by atoms with Gasteiger partial charge in [0.15, 0.2) is 0 Å². The van der Waals surface area contributed by atoms with Crippen molar-refractivity contribution < 1.29 is 31.9 Å². The summed E-state index contributed by atoms with van der Waals surface area (Å²) in [7, 11) is 0. The van der Waals surface area contributed by atoms with E-state index in [0.29, 0.717) is 16.0 Å². The molecule has 1 unspecified atom stereocenters. The van der Waals surface area contributed by atoms with Gasteiger partial charge in [0, 0.05) is 47.5 Å². The normalized spacial score (nSPS) is 18.3. The number of nitrogens with one attached hydrogen (secondary N) is 1. The number of carbonyl (C=O) groups is 3. The van der Waals surface area contributed by atoms with Crippen LogP contribution in [0.25, 0.3) is 0 Å². The van der Waals surface area contributed by atoms with Gasteiger partial charge in [0.2, 0.25) is 11.8 Å². The number of hydrogen-bond donors (Lipinski definition) is 1. The smallest absolute Gasteiger partial charge is 0.252 e. The highest BCUT2D eigenvalue weighted by Gasteiger charge is 2.48. The molecule has 14 heteroatoms. The first kappa shape index (κ1) is 31.3. The molecule has 2 atom stereocenters. The third-order valence-corrected chi connectivity index (χ3v) is 8.44. The van der Waals surface area contributed by atoms with Crippen molar-refractivity contribution in [2.45, 2.75) is 54.6 Å². The van der Waals surface area contributed by atoms with Crippen LogP contribution in [0.1, 0.15) is 42.9 Å². The fourth-order valence-electron chi connectivity index (χ4n) is 5.42. The van der Waals surface area contributed by atoms with Gasteiger partial charge in [-0.25, -0.2) is 22.5 Å². The van der Waals surface area contributed by atoms with E-state index in [1.165, 1.54) is 48.3 Å². The first-order valence-electron chi connectivity index (χ1n) is 13.4. The van der Waals surface area contributed by atoms with Crippen LogP contribution in [0.15, 0.2) is 59.6 Å². The van der Waals surface area contributed by atoms with E-state index >= 15 is 0 Å². The molecule has 44 heavy (non-hydrogen) atoms. The van der Waals surface area contributed by atoms with Crippen LogP contribution in [0.5, 0.6) is 0 Å². The number of nitriles is 1. The number of amides is 3. The molecule has 2 aromatic carbocycles. The van der Waals surface area contributed by atoms with Crippen molar-refractivity contribution >= 4 is 52.6 Å². The van der Waals surface area contributed by atoms with Gasteiger partial charge in [0.1, 0.15) is 29.5 Å². The second-order valence-electron chi connectivity index (χ2n) is 10.4. The standard InChI is InChI=1S/C30H24ClF4N5O3S/c1-44-24-9-17(31)2-3-22(24)27(28(42)38-20-13-30(34,35)14-20)39(21-11-18(32)10-19(33)12-21)29(43)23-4-5-26(41)40(23)25-8-16(15-36)6-7-37-25/h2-3,6-12,20,23,27H,4-5,13-14H2,1H3,(H,38,42)/t23-,27?/m0/s1.